The Hall–Kier alpha value is -1.92. The van der Waals surface area contributed by atoms with Crippen molar-refractivity contribution in [3.05, 3.63) is 57.2 Å². The number of fused-ring (bicyclic) bond motifs is 1. The molecule has 2 aliphatic heterocycles. The summed E-state index contributed by atoms with van der Waals surface area (Å²) in [5.41, 5.74) is 0.136. The molecular weight excluding hydrogens is 430 g/mol. The van der Waals surface area contributed by atoms with Gasteiger partial charge in [0.15, 0.2) is 11.0 Å². The lowest BCUT2D eigenvalue weighted by Crippen LogP contribution is -2.43. The smallest absolute Gasteiger partial charge is 0.404 e. The van der Waals surface area contributed by atoms with Crippen LogP contribution in [0.3, 0.4) is 0 Å². The molecule has 156 valence electrons. The predicted octanol–water partition coefficient (Wildman–Crippen LogP) is 1.56. The number of alkyl halides is 1. The summed E-state index contributed by atoms with van der Waals surface area (Å²) in [6.07, 6.45) is -4.10. The number of rotatable bonds is 4. The predicted molar refractivity (Wildman–Crippen MR) is 97.3 cm³/mol. The molecule has 3 N–H and O–H groups in total. The molecule has 4 rings (SSSR count). The van der Waals surface area contributed by atoms with Gasteiger partial charge >= 0.3 is 7.82 Å². The lowest BCUT2D eigenvalue weighted by atomic mass is 10.1. The molecule has 3 heterocycles. The number of aromatic amines is 1. The molecule has 0 bridgehead atoms. The number of phosphoric ester groups is 1. The fourth-order valence-electron chi connectivity index (χ4n) is 2.96. The zero-order valence-corrected chi connectivity index (χ0v) is 16.3. The quantitative estimate of drug-likeness (QED) is 0.473. The zero-order valence-electron chi connectivity index (χ0n) is 14.6. The lowest BCUT2D eigenvalue weighted by molar-refractivity contribution is -0.205. The molecule has 2 aliphatic rings. The Morgan fingerprint density at radius 1 is 1.38 bits per heavy atom. The van der Waals surface area contributed by atoms with Gasteiger partial charge in [0, 0.05) is 17.8 Å². The highest BCUT2D eigenvalue weighted by Gasteiger charge is 2.57. The number of ether oxygens (including phenoxy) is 1. The van der Waals surface area contributed by atoms with E-state index in [-0.39, 0.29) is 17.1 Å². The molecule has 1 aromatic heterocycles. The number of halogens is 1. The van der Waals surface area contributed by atoms with Crippen LogP contribution in [0.15, 0.2) is 41.3 Å². The maximum atomic E-state index is 15.2. The van der Waals surface area contributed by atoms with Gasteiger partial charge in [-0.1, -0.05) is 18.2 Å². The van der Waals surface area contributed by atoms with E-state index in [1.165, 1.54) is 6.20 Å². The molecule has 0 amide bonds. The van der Waals surface area contributed by atoms with Crippen molar-refractivity contribution in [3.8, 4) is 5.75 Å². The van der Waals surface area contributed by atoms with Crippen LogP contribution in [0, 0.1) is 4.77 Å². The molecule has 13 heteroatoms. The summed E-state index contributed by atoms with van der Waals surface area (Å²) in [6.45, 7) is -1.13. The van der Waals surface area contributed by atoms with Crippen LogP contribution in [0.2, 0.25) is 0 Å². The Morgan fingerprint density at radius 3 is 2.90 bits per heavy atom. The molecule has 0 aliphatic carbocycles. The first-order valence-electron chi connectivity index (χ1n) is 8.42. The lowest BCUT2D eigenvalue weighted by Gasteiger charge is -2.28. The fraction of sp³-hybridized carbons (Fsp3) is 0.375. The Balaban J connectivity index is 1.51. The minimum atomic E-state index is -4.18. The van der Waals surface area contributed by atoms with Crippen molar-refractivity contribution in [1.29, 1.82) is 0 Å². The van der Waals surface area contributed by atoms with Crippen LogP contribution in [0.5, 0.6) is 5.75 Å². The summed E-state index contributed by atoms with van der Waals surface area (Å²) in [6, 6.07) is 7.74. The fourth-order valence-corrected chi connectivity index (χ4v) is 4.45. The van der Waals surface area contributed by atoms with Crippen molar-refractivity contribution in [2.24, 2.45) is 0 Å². The van der Waals surface area contributed by atoms with Gasteiger partial charge in [0.1, 0.15) is 24.6 Å². The third-order valence-corrected chi connectivity index (χ3v) is 6.10. The van der Waals surface area contributed by atoms with Crippen LogP contribution in [-0.2, 0) is 25.0 Å². The number of H-pyrrole nitrogens is 1. The summed E-state index contributed by atoms with van der Waals surface area (Å²) in [5, 5.41) is 20.4. The van der Waals surface area contributed by atoms with Gasteiger partial charge in [-0.25, -0.2) is 8.96 Å². The Kier molecular flexibility index (Phi) is 5.20. The van der Waals surface area contributed by atoms with Crippen molar-refractivity contribution >= 4 is 20.0 Å². The zero-order chi connectivity index (χ0) is 20.8. The van der Waals surface area contributed by atoms with Gasteiger partial charge in [0.2, 0.25) is 0 Å². The SMILES string of the molecule is O=c1ccn([C@@H]2O[C@](F)(COP3(=O)OCc4ccccc4O3)[C@@H](O)[C@H]2O)c(=S)[nH]1. The number of nitrogens with zero attached hydrogens (tertiary/aromatic N) is 1. The highest BCUT2D eigenvalue weighted by atomic mass is 32.1. The molecule has 0 spiro atoms. The highest BCUT2D eigenvalue weighted by Crippen LogP contribution is 2.55. The van der Waals surface area contributed by atoms with E-state index in [1.54, 1.807) is 24.3 Å². The van der Waals surface area contributed by atoms with Crippen LogP contribution >= 0.6 is 20.0 Å². The maximum absolute atomic E-state index is 15.2. The van der Waals surface area contributed by atoms with E-state index in [9.17, 15) is 19.6 Å². The number of hydrogen-bond donors (Lipinski definition) is 3. The molecule has 0 radical (unpaired) electrons. The third-order valence-electron chi connectivity index (χ3n) is 4.48. The Bertz CT molecular complexity index is 1090. The average Bonchev–Trinajstić information content (AvgIpc) is 2.91. The van der Waals surface area contributed by atoms with Gasteiger partial charge in [-0.3, -0.25) is 23.4 Å². The van der Waals surface area contributed by atoms with Crippen LogP contribution < -0.4 is 10.1 Å². The monoisotopic (exact) mass is 446 g/mol. The first kappa shape index (κ1) is 20.4. The average molecular weight is 446 g/mol. The first-order chi connectivity index (χ1) is 13.7. The van der Waals surface area contributed by atoms with Crippen molar-refractivity contribution in [2.45, 2.75) is 30.9 Å². The molecule has 1 unspecified atom stereocenters. The van der Waals surface area contributed by atoms with E-state index in [0.29, 0.717) is 5.56 Å². The summed E-state index contributed by atoms with van der Waals surface area (Å²) >= 11 is 4.96. The van der Waals surface area contributed by atoms with E-state index in [2.05, 4.69) is 4.98 Å². The number of para-hydroxylation sites is 1. The molecule has 1 aromatic carbocycles. The van der Waals surface area contributed by atoms with Crippen molar-refractivity contribution < 1.29 is 37.5 Å². The molecule has 5 atom stereocenters. The molecule has 1 saturated heterocycles. The number of aliphatic hydroxyl groups is 2. The molecule has 2 aromatic rings. The molecule has 29 heavy (non-hydrogen) atoms. The largest absolute Gasteiger partial charge is 0.530 e. The van der Waals surface area contributed by atoms with E-state index in [1.807, 2.05) is 0 Å². The topological polar surface area (TPSA) is 132 Å². The minimum Gasteiger partial charge on any atom is -0.404 e. The van der Waals surface area contributed by atoms with Gasteiger partial charge in [-0.2, -0.15) is 0 Å². The summed E-state index contributed by atoms with van der Waals surface area (Å²) < 4.78 is 49.2. The van der Waals surface area contributed by atoms with Crippen LogP contribution in [0.1, 0.15) is 11.8 Å². The van der Waals surface area contributed by atoms with E-state index in [0.717, 1.165) is 10.6 Å². The van der Waals surface area contributed by atoms with Gasteiger partial charge in [-0.15, -0.1) is 0 Å². The van der Waals surface area contributed by atoms with Gasteiger partial charge in [0.05, 0.1) is 6.61 Å². The second kappa shape index (κ2) is 7.40. The third kappa shape index (κ3) is 3.80. The second-order valence-corrected chi connectivity index (χ2v) is 8.42. The van der Waals surface area contributed by atoms with Gasteiger partial charge in [0.25, 0.3) is 11.4 Å². The number of aromatic nitrogens is 2. The van der Waals surface area contributed by atoms with Crippen molar-refractivity contribution in [1.82, 2.24) is 9.55 Å². The summed E-state index contributed by atoms with van der Waals surface area (Å²) in [4.78, 5) is 13.6. The Morgan fingerprint density at radius 2 is 2.14 bits per heavy atom. The van der Waals surface area contributed by atoms with Gasteiger partial charge < -0.3 is 19.5 Å². The van der Waals surface area contributed by atoms with E-state index < -0.39 is 44.3 Å². The number of hydrogen-bond acceptors (Lipinski definition) is 9. The maximum Gasteiger partial charge on any atom is 0.530 e. The van der Waals surface area contributed by atoms with Gasteiger partial charge in [-0.05, 0) is 18.3 Å². The number of benzene rings is 1. The Labute approximate surface area is 168 Å². The van der Waals surface area contributed by atoms with Crippen LogP contribution in [-0.4, -0.2) is 44.4 Å². The van der Waals surface area contributed by atoms with Crippen molar-refractivity contribution in [3.63, 3.8) is 0 Å². The summed E-state index contributed by atoms with van der Waals surface area (Å²) in [5.74, 6) is -2.68. The molecule has 1 fully saturated rings. The first-order valence-corrected chi connectivity index (χ1v) is 10.3. The summed E-state index contributed by atoms with van der Waals surface area (Å²) in [7, 11) is -4.18. The number of phosphoric acid groups is 1. The molecular formula is C16H16FN2O8PS. The minimum absolute atomic E-state index is 0.0755. The van der Waals surface area contributed by atoms with Crippen LogP contribution in [0.4, 0.5) is 4.39 Å². The number of nitrogens with one attached hydrogen (secondary N) is 1. The second-order valence-electron chi connectivity index (χ2n) is 6.44. The van der Waals surface area contributed by atoms with E-state index >= 15 is 4.39 Å². The standard InChI is InChI=1S/C16H16FN2O8PS/c17-16(8-25-28(23)24-7-9-3-1-2-4-10(9)27-28)13(22)12(21)14(26-16)19-6-5-11(20)18-15(19)29/h1-6,12-14,21-22H,7-8H2,(H,18,20,29)/t12-,13+,14-,16-,28?/m1/s1. The molecule has 10 nitrogen and oxygen atoms in total. The molecule has 0 saturated carbocycles. The van der Waals surface area contributed by atoms with Crippen molar-refractivity contribution in [2.75, 3.05) is 6.61 Å². The highest BCUT2D eigenvalue weighted by molar-refractivity contribution is 7.71. The normalized spacial score (nSPS) is 33.8. The number of aliphatic hydroxyl groups excluding tert-OH is 2. The van der Waals surface area contributed by atoms with E-state index in [4.69, 9.17) is 30.5 Å². The van der Waals surface area contributed by atoms with Crippen LogP contribution in [0.25, 0.3) is 0 Å².